The first kappa shape index (κ1) is 10.5. The summed E-state index contributed by atoms with van der Waals surface area (Å²) in [4.78, 5) is 0. The highest BCUT2D eigenvalue weighted by Gasteiger charge is 2.27. The van der Waals surface area contributed by atoms with Gasteiger partial charge in [-0.15, -0.1) is 0 Å². The largest absolute Gasteiger partial charge is 0.395 e. The molecular weight excluding hydrogens is 165 g/mol. The Kier molecular flexibility index (Phi) is 5.49. The van der Waals surface area contributed by atoms with E-state index >= 15 is 0 Å². The Morgan fingerprint density at radius 2 is 1.90 bits per heavy atom. The van der Waals surface area contributed by atoms with Crippen LogP contribution in [0.5, 0.6) is 0 Å². The van der Waals surface area contributed by atoms with Crippen LogP contribution in [0.25, 0.3) is 0 Å². The van der Waals surface area contributed by atoms with Gasteiger partial charge < -0.3 is 14.6 Å². The van der Waals surface area contributed by atoms with Crippen LogP contribution in [-0.4, -0.2) is 29.0 Å². The molecule has 10 heavy (non-hydrogen) atoms. The van der Waals surface area contributed by atoms with Gasteiger partial charge in [-0.05, 0) is 19.0 Å². The van der Waals surface area contributed by atoms with Crippen LogP contribution >= 0.6 is 8.79 Å². The van der Waals surface area contributed by atoms with Crippen LogP contribution in [0.15, 0.2) is 0 Å². The summed E-state index contributed by atoms with van der Waals surface area (Å²) in [5, 5.41) is 0. The lowest BCUT2D eigenvalue weighted by Crippen LogP contribution is -2.32. The van der Waals surface area contributed by atoms with Crippen molar-refractivity contribution in [2.24, 2.45) is 5.73 Å². The molecule has 0 amide bonds. The molecular formula is C5H16NO2PSi. The lowest BCUT2D eigenvalue weighted by Gasteiger charge is -2.21. The van der Waals surface area contributed by atoms with Gasteiger partial charge in [0.25, 0.3) is 0 Å². The van der Waals surface area contributed by atoms with Gasteiger partial charge in [0.05, 0.1) is 0 Å². The van der Waals surface area contributed by atoms with Crippen LogP contribution in [0.1, 0.15) is 6.42 Å². The third-order valence-corrected chi connectivity index (χ3v) is 6.13. The minimum absolute atomic E-state index is 0.704. The molecule has 0 rings (SSSR count). The fourth-order valence-electron chi connectivity index (χ4n) is 0.636. The molecule has 0 aliphatic rings. The monoisotopic (exact) mass is 181 g/mol. The Morgan fingerprint density at radius 1 is 1.40 bits per heavy atom. The van der Waals surface area contributed by atoms with E-state index in [0.717, 1.165) is 12.5 Å². The predicted octanol–water partition coefficient (Wildman–Crippen LogP) is 0.442. The maximum absolute atomic E-state index is 5.35. The third-order valence-electron chi connectivity index (χ3n) is 1.42. The fourth-order valence-corrected chi connectivity index (χ4v) is 2.52. The topological polar surface area (TPSA) is 44.5 Å². The van der Waals surface area contributed by atoms with Gasteiger partial charge in [0.2, 0.25) is 0 Å². The van der Waals surface area contributed by atoms with Crippen molar-refractivity contribution in [1.82, 2.24) is 0 Å². The van der Waals surface area contributed by atoms with E-state index in [4.69, 9.17) is 14.6 Å². The van der Waals surface area contributed by atoms with Gasteiger partial charge in [-0.25, -0.2) is 0 Å². The first-order valence-corrected chi connectivity index (χ1v) is 7.11. The van der Waals surface area contributed by atoms with Crippen LogP contribution in [0.4, 0.5) is 0 Å². The van der Waals surface area contributed by atoms with E-state index in [-0.39, 0.29) is 0 Å². The van der Waals surface area contributed by atoms with Gasteiger partial charge in [-0.2, -0.15) is 0 Å². The molecule has 0 aromatic rings. The Balaban J connectivity index is 3.58. The number of hydrogen-bond donors (Lipinski definition) is 1. The molecule has 0 aromatic heterocycles. The maximum Gasteiger partial charge on any atom is 0.357 e. The normalized spacial score (nSPS) is 12.0. The van der Waals surface area contributed by atoms with Gasteiger partial charge in [-0.1, -0.05) is 8.79 Å². The van der Waals surface area contributed by atoms with Crippen molar-refractivity contribution in [3.63, 3.8) is 0 Å². The first-order valence-electron chi connectivity index (χ1n) is 3.28. The van der Waals surface area contributed by atoms with Crippen LogP contribution in [0.3, 0.4) is 0 Å². The number of nitrogens with two attached hydrogens (primary N) is 1. The summed E-state index contributed by atoms with van der Waals surface area (Å²) in [5.74, 6) is 0. The first-order chi connectivity index (χ1) is 4.68. The SMILES string of the molecule is CO[Si](P)(CCCN)OC. The van der Waals surface area contributed by atoms with Crippen LogP contribution < -0.4 is 5.73 Å². The van der Waals surface area contributed by atoms with Crippen LogP contribution in [0.2, 0.25) is 6.04 Å². The molecule has 0 radical (unpaired) electrons. The Morgan fingerprint density at radius 3 is 2.20 bits per heavy atom. The second-order valence-corrected chi connectivity index (χ2v) is 7.69. The highest BCUT2D eigenvalue weighted by atomic mass is 31.3. The van der Waals surface area contributed by atoms with E-state index in [2.05, 4.69) is 8.79 Å². The number of hydrogen-bond acceptors (Lipinski definition) is 3. The molecule has 0 saturated carbocycles. The van der Waals surface area contributed by atoms with Gasteiger partial charge in [0.15, 0.2) is 0 Å². The van der Waals surface area contributed by atoms with E-state index in [1.54, 1.807) is 14.2 Å². The van der Waals surface area contributed by atoms with Crippen molar-refractivity contribution in [1.29, 1.82) is 0 Å². The summed E-state index contributed by atoms with van der Waals surface area (Å²) < 4.78 is 10.4. The highest BCUT2D eigenvalue weighted by molar-refractivity contribution is 7.65. The molecule has 0 bridgehead atoms. The predicted molar refractivity (Wildman–Crippen MR) is 48.0 cm³/mol. The second-order valence-electron chi connectivity index (χ2n) is 2.11. The van der Waals surface area contributed by atoms with Crippen LogP contribution in [0, 0.1) is 0 Å². The summed E-state index contributed by atoms with van der Waals surface area (Å²) in [7, 11) is 4.14. The average molecular weight is 181 g/mol. The summed E-state index contributed by atoms with van der Waals surface area (Å²) >= 11 is 0. The van der Waals surface area contributed by atoms with E-state index in [0.29, 0.717) is 6.54 Å². The summed E-state index contributed by atoms with van der Waals surface area (Å²) in [5.41, 5.74) is 5.35. The van der Waals surface area contributed by atoms with Crippen LogP contribution in [-0.2, 0) is 8.85 Å². The second kappa shape index (κ2) is 5.21. The quantitative estimate of drug-likeness (QED) is 0.494. The zero-order chi connectivity index (χ0) is 8.04. The molecule has 62 valence electrons. The van der Waals surface area contributed by atoms with E-state index in [1.807, 2.05) is 0 Å². The molecule has 3 nitrogen and oxygen atoms in total. The van der Waals surface area contributed by atoms with Crippen molar-refractivity contribution >= 4 is 17.0 Å². The standard InChI is InChI=1S/C5H16NO2PSi/c1-7-10(9,8-2)5-3-4-6/h3-6,9H2,1-2H3. The fraction of sp³-hybridized carbons (Fsp3) is 1.00. The summed E-state index contributed by atoms with van der Waals surface area (Å²) in [6.07, 6.45) is 0.970. The van der Waals surface area contributed by atoms with Crippen molar-refractivity contribution in [3.8, 4) is 0 Å². The van der Waals surface area contributed by atoms with E-state index < -0.39 is 8.23 Å². The molecule has 0 aliphatic heterocycles. The average Bonchev–Trinajstić information content (AvgIpc) is 2.00. The molecule has 0 fully saturated rings. The smallest absolute Gasteiger partial charge is 0.357 e. The summed E-state index contributed by atoms with van der Waals surface area (Å²) in [6.45, 7) is 0.704. The van der Waals surface area contributed by atoms with E-state index in [1.165, 1.54) is 0 Å². The zero-order valence-electron chi connectivity index (χ0n) is 6.59. The Labute approximate surface area is 65.6 Å². The van der Waals surface area contributed by atoms with Crippen molar-refractivity contribution < 1.29 is 8.85 Å². The van der Waals surface area contributed by atoms with Crippen molar-refractivity contribution in [2.75, 3.05) is 20.8 Å². The van der Waals surface area contributed by atoms with Gasteiger partial charge >= 0.3 is 8.23 Å². The van der Waals surface area contributed by atoms with Crippen molar-refractivity contribution in [2.45, 2.75) is 12.5 Å². The lowest BCUT2D eigenvalue weighted by atomic mass is 10.5. The minimum Gasteiger partial charge on any atom is -0.395 e. The Bertz CT molecular complexity index is 89.7. The molecule has 0 aromatic carbocycles. The summed E-state index contributed by atoms with van der Waals surface area (Å²) in [6, 6.07) is 0.946. The molecule has 0 spiro atoms. The molecule has 0 saturated heterocycles. The molecule has 1 atom stereocenters. The van der Waals surface area contributed by atoms with Gasteiger partial charge in [-0.3, -0.25) is 0 Å². The third kappa shape index (κ3) is 3.64. The van der Waals surface area contributed by atoms with Gasteiger partial charge in [0, 0.05) is 14.2 Å². The van der Waals surface area contributed by atoms with E-state index in [9.17, 15) is 0 Å². The minimum atomic E-state index is -1.88. The molecule has 1 unspecified atom stereocenters. The molecule has 5 heteroatoms. The molecule has 0 aliphatic carbocycles. The zero-order valence-corrected chi connectivity index (χ0v) is 8.75. The molecule has 0 heterocycles. The van der Waals surface area contributed by atoms with Gasteiger partial charge in [0.1, 0.15) is 0 Å². The van der Waals surface area contributed by atoms with Crippen molar-refractivity contribution in [3.05, 3.63) is 0 Å². The molecule has 2 N–H and O–H groups in total. The number of rotatable bonds is 5. The maximum atomic E-state index is 5.35. The lowest BCUT2D eigenvalue weighted by molar-refractivity contribution is 0.267. The Hall–Kier alpha value is 0.527. The highest BCUT2D eigenvalue weighted by Crippen LogP contribution is 2.20.